The molecule has 0 N–H and O–H groups in total. The molecule has 0 unspecified atom stereocenters. The van der Waals surface area contributed by atoms with E-state index in [2.05, 4.69) is 65.9 Å². The van der Waals surface area contributed by atoms with E-state index in [1.54, 1.807) is 18.4 Å². The molecule has 0 amide bonds. The predicted molar refractivity (Wildman–Crippen MR) is 165 cm³/mol. The lowest BCUT2D eigenvalue weighted by atomic mass is 10.0. The summed E-state index contributed by atoms with van der Waals surface area (Å²) in [4.78, 5) is 33.1. The van der Waals surface area contributed by atoms with Gasteiger partial charge in [0.15, 0.2) is 4.80 Å². The number of carbonyl (C=O) groups excluding carboxylic acids is 1. The van der Waals surface area contributed by atoms with Gasteiger partial charge in [0.25, 0.3) is 5.56 Å². The molecular weight excluding hydrogens is 551 g/mol. The summed E-state index contributed by atoms with van der Waals surface area (Å²) in [7, 11) is 0. The molecule has 0 fully saturated rings. The number of benzene rings is 2. The van der Waals surface area contributed by atoms with Gasteiger partial charge in [0.05, 0.1) is 22.4 Å². The molecule has 2 aromatic carbocycles. The molecule has 1 atom stereocenters. The van der Waals surface area contributed by atoms with E-state index in [-0.39, 0.29) is 12.2 Å². The summed E-state index contributed by atoms with van der Waals surface area (Å²) >= 11 is 2.85. The number of ether oxygens (including phenoxy) is 1. The fourth-order valence-electron chi connectivity index (χ4n) is 5.41. The van der Waals surface area contributed by atoms with Gasteiger partial charge in [-0.1, -0.05) is 59.9 Å². The van der Waals surface area contributed by atoms with Gasteiger partial charge in [-0.05, 0) is 80.1 Å². The number of aromatic nitrogens is 2. The number of hydrogen-bond donors (Lipinski definition) is 0. The highest BCUT2D eigenvalue weighted by atomic mass is 32.1. The van der Waals surface area contributed by atoms with Crippen LogP contribution in [0.15, 0.2) is 99.2 Å². The average molecular weight is 580 g/mol. The van der Waals surface area contributed by atoms with Crippen molar-refractivity contribution in [2.75, 3.05) is 6.61 Å². The van der Waals surface area contributed by atoms with E-state index < -0.39 is 12.0 Å². The van der Waals surface area contributed by atoms with Crippen LogP contribution in [-0.4, -0.2) is 21.7 Å². The molecule has 0 saturated carbocycles. The number of carbonyl (C=O) groups is 1. The van der Waals surface area contributed by atoms with Crippen molar-refractivity contribution in [3.8, 4) is 16.8 Å². The van der Waals surface area contributed by atoms with Crippen molar-refractivity contribution in [2.24, 2.45) is 4.99 Å². The Labute approximate surface area is 245 Å². The maximum atomic E-state index is 13.9. The molecule has 0 radical (unpaired) electrons. The topological polar surface area (TPSA) is 65.6 Å². The Hall–Kier alpha value is -4.27. The van der Waals surface area contributed by atoms with E-state index in [0.29, 0.717) is 20.6 Å². The first-order chi connectivity index (χ1) is 19.9. The summed E-state index contributed by atoms with van der Waals surface area (Å²) in [6.45, 7) is 7.97. The first kappa shape index (κ1) is 26.9. The van der Waals surface area contributed by atoms with Crippen LogP contribution in [0, 0.1) is 13.8 Å². The van der Waals surface area contributed by atoms with E-state index in [0.717, 1.165) is 33.1 Å². The lowest BCUT2D eigenvalue weighted by Gasteiger charge is -2.23. The minimum atomic E-state index is -0.567. The van der Waals surface area contributed by atoms with Crippen molar-refractivity contribution in [1.82, 2.24) is 9.13 Å². The largest absolute Gasteiger partial charge is 0.463 e. The van der Waals surface area contributed by atoms with Crippen LogP contribution in [-0.2, 0) is 9.53 Å². The van der Waals surface area contributed by atoms with Crippen LogP contribution in [0.4, 0.5) is 0 Å². The van der Waals surface area contributed by atoms with Crippen molar-refractivity contribution < 1.29 is 9.53 Å². The number of hydrogen-bond acceptors (Lipinski definition) is 6. The molecule has 0 aliphatic carbocycles. The minimum Gasteiger partial charge on any atom is -0.463 e. The van der Waals surface area contributed by atoms with Gasteiger partial charge < -0.3 is 9.30 Å². The monoisotopic (exact) mass is 579 g/mol. The molecular formula is C33H29N3O3S2. The third-order valence-electron chi connectivity index (χ3n) is 7.32. The first-order valence-electron chi connectivity index (χ1n) is 13.4. The number of nitrogens with zero attached hydrogens (tertiary/aromatic N) is 3. The second-order valence-corrected chi connectivity index (χ2v) is 11.9. The molecule has 41 heavy (non-hydrogen) atoms. The number of thiophene rings is 1. The quantitative estimate of drug-likeness (QED) is 0.234. The Morgan fingerprint density at radius 2 is 1.73 bits per heavy atom. The van der Waals surface area contributed by atoms with Crippen molar-refractivity contribution in [2.45, 2.75) is 33.7 Å². The minimum absolute atomic E-state index is 0.168. The Balaban J connectivity index is 1.43. The molecule has 4 heterocycles. The molecule has 6 nitrogen and oxygen atoms in total. The Bertz CT molecular complexity index is 1960. The fourth-order valence-corrected chi connectivity index (χ4v) is 7.27. The van der Waals surface area contributed by atoms with Gasteiger partial charge in [0, 0.05) is 22.0 Å². The second kappa shape index (κ2) is 11.0. The lowest BCUT2D eigenvalue weighted by Crippen LogP contribution is -2.39. The number of fused-ring (bicyclic) bond motifs is 1. The molecule has 5 aromatic rings. The number of aryl methyl sites for hydroxylation is 1. The summed E-state index contributed by atoms with van der Waals surface area (Å²) in [5.74, 6) is -0.441. The molecule has 3 aromatic heterocycles. The smallest absolute Gasteiger partial charge is 0.338 e. The number of allylic oxidation sites excluding steroid dienone is 1. The normalized spacial score (nSPS) is 15.1. The molecule has 1 aliphatic rings. The van der Waals surface area contributed by atoms with Crippen LogP contribution in [0.1, 0.15) is 41.7 Å². The van der Waals surface area contributed by atoms with E-state index in [9.17, 15) is 9.59 Å². The highest BCUT2D eigenvalue weighted by Crippen LogP contribution is 2.33. The van der Waals surface area contributed by atoms with Crippen LogP contribution in [0.3, 0.4) is 0 Å². The van der Waals surface area contributed by atoms with Gasteiger partial charge in [-0.2, -0.15) is 0 Å². The number of thiazole rings is 1. The Kier molecular flexibility index (Phi) is 7.19. The van der Waals surface area contributed by atoms with Crippen LogP contribution in [0.25, 0.3) is 22.9 Å². The summed E-state index contributed by atoms with van der Waals surface area (Å²) in [6, 6.07) is 24.2. The van der Waals surface area contributed by atoms with Gasteiger partial charge in [0.2, 0.25) is 0 Å². The molecule has 206 valence electrons. The summed E-state index contributed by atoms with van der Waals surface area (Å²) in [5.41, 5.74) is 7.30. The van der Waals surface area contributed by atoms with Gasteiger partial charge in [-0.25, -0.2) is 9.79 Å². The van der Waals surface area contributed by atoms with Gasteiger partial charge in [-0.15, -0.1) is 11.3 Å². The van der Waals surface area contributed by atoms with E-state index in [1.807, 2.05) is 41.8 Å². The van der Waals surface area contributed by atoms with Crippen LogP contribution in [0.5, 0.6) is 0 Å². The average Bonchev–Trinajstić information content (AvgIpc) is 3.68. The number of esters is 1. The maximum Gasteiger partial charge on any atom is 0.338 e. The van der Waals surface area contributed by atoms with Crippen LogP contribution < -0.4 is 14.9 Å². The summed E-state index contributed by atoms with van der Waals surface area (Å²) in [5, 5.41) is 1.95. The zero-order valence-corrected chi connectivity index (χ0v) is 24.9. The lowest BCUT2D eigenvalue weighted by molar-refractivity contribution is -0.139. The Morgan fingerprint density at radius 3 is 2.41 bits per heavy atom. The summed E-state index contributed by atoms with van der Waals surface area (Å²) < 4.78 is 9.79. The molecule has 6 rings (SSSR count). The predicted octanol–water partition coefficient (Wildman–Crippen LogP) is 5.93. The zero-order valence-electron chi connectivity index (χ0n) is 23.3. The highest BCUT2D eigenvalue weighted by Gasteiger charge is 2.33. The van der Waals surface area contributed by atoms with E-state index in [1.165, 1.54) is 28.2 Å². The molecule has 0 bridgehead atoms. The molecule has 0 spiro atoms. The van der Waals surface area contributed by atoms with Crippen LogP contribution >= 0.6 is 22.7 Å². The zero-order chi connectivity index (χ0) is 28.7. The Morgan fingerprint density at radius 1 is 1.00 bits per heavy atom. The van der Waals surface area contributed by atoms with Gasteiger partial charge >= 0.3 is 5.97 Å². The SMILES string of the molecule is CCOC(=O)C1=C(C)N=c2s/c(=C\c3cc(C)n(-c4ccc(-c5ccccc5)cc4)c3C)c(=O)n2[C@H]1c1cccs1. The molecule has 8 heteroatoms. The van der Waals surface area contributed by atoms with Crippen LogP contribution in [0.2, 0.25) is 0 Å². The van der Waals surface area contributed by atoms with E-state index in [4.69, 9.17) is 4.74 Å². The van der Waals surface area contributed by atoms with Crippen molar-refractivity contribution >= 4 is 34.7 Å². The fraction of sp³-hybridized carbons (Fsp3) is 0.182. The van der Waals surface area contributed by atoms with Gasteiger partial charge in [-0.3, -0.25) is 9.36 Å². The standard InChI is InChI=1S/C33H29N3O3S2/c1-5-39-32(38)29-21(3)34-33-36(30(29)27-12-9-17-40-27)31(37)28(41-33)19-25-18-20(2)35(22(25)4)26-15-13-24(14-16-26)23-10-7-6-8-11-23/h6-19,30H,5H2,1-4H3/b28-19-/t30-/m0/s1. The van der Waals surface area contributed by atoms with Crippen molar-refractivity contribution in [1.29, 1.82) is 0 Å². The van der Waals surface area contributed by atoms with Gasteiger partial charge in [0.1, 0.15) is 6.04 Å². The number of rotatable bonds is 6. The second-order valence-electron chi connectivity index (χ2n) is 9.89. The molecule has 0 saturated heterocycles. The maximum absolute atomic E-state index is 13.9. The highest BCUT2D eigenvalue weighted by molar-refractivity contribution is 7.10. The van der Waals surface area contributed by atoms with Crippen molar-refractivity contribution in [3.63, 3.8) is 0 Å². The first-order valence-corrected chi connectivity index (χ1v) is 15.1. The third kappa shape index (κ3) is 4.83. The summed E-state index contributed by atoms with van der Waals surface area (Å²) in [6.07, 6.45) is 1.94. The molecule has 1 aliphatic heterocycles. The van der Waals surface area contributed by atoms with Crippen molar-refractivity contribution in [3.05, 3.63) is 131 Å². The third-order valence-corrected chi connectivity index (χ3v) is 9.23. The van der Waals surface area contributed by atoms with E-state index >= 15 is 0 Å².